The first-order valence-corrected chi connectivity index (χ1v) is 9.28. The predicted molar refractivity (Wildman–Crippen MR) is 92.2 cm³/mol. The maximum absolute atomic E-state index is 12.4. The van der Waals surface area contributed by atoms with Crippen molar-refractivity contribution in [3.8, 4) is 5.75 Å². The van der Waals surface area contributed by atoms with E-state index < -0.39 is 21.9 Å². The van der Waals surface area contributed by atoms with Crippen LogP contribution in [0.2, 0.25) is 0 Å². The minimum Gasteiger partial charge on any atom is -0.495 e. The summed E-state index contributed by atoms with van der Waals surface area (Å²) < 4.78 is 32.3. The summed E-state index contributed by atoms with van der Waals surface area (Å²) in [5.41, 5.74) is 0.145. The first-order valence-electron chi connectivity index (χ1n) is 7.80. The molecule has 0 aliphatic rings. The molecule has 140 valence electrons. The number of benzene rings is 1. The van der Waals surface area contributed by atoms with Gasteiger partial charge in [0.25, 0.3) is 5.91 Å². The van der Waals surface area contributed by atoms with E-state index in [9.17, 15) is 18.0 Å². The van der Waals surface area contributed by atoms with Gasteiger partial charge in [0.15, 0.2) is 0 Å². The molecular formula is C16H24N2O6S. The minimum atomic E-state index is -3.84. The Bertz CT molecular complexity index is 730. The first kappa shape index (κ1) is 20.9. The van der Waals surface area contributed by atoms with Crippen molar-refractivity contribution in [3.05, 3.63) is 23.8 Å². The van der Waals surface area contributed by atoms with Crippen LogP contribution < -0.4 is 14.8 Å². The van der Waals surface area contributed by atoms with Gasteiger partial charge in [-0.2, -0.15) is 0 Å². The number of amides is 1. The summed E-state index contributed by atoms with van der Waals surface area (Å²) in [4.78, 5) is 22.7. The Balaban J connectivity index is 3.04. The van der Waals surface area contributed by atoms with Gasteiger partial charge in [0.05, 0.1) is 7.11 Å². The van der Waals surface area contributed by atoms with E-state index >= 15 is 0 Å². The molecule has 0 saturated heterocycles. The average molecular weight is 372 g/mol. The molecule has 1 amide bonds. The fraction of sp³-hybridized carbons (Fsp3) is 0.500. The van der Waals surface area contributed by atoms with Gasteiger partial charge in [-0.3, -0.25) is 9.59 Å². The largest absolute Gasteiger partial charge is 0.495 e. The van der Waals surface area contributed by atoms with Gasteiger partial charge < -0.3 is 15.2 Å². The standard InChI is InChI=1S/C16H24N2O6S/c1-10(2)18-25(22,23)14-9-12(6-7-13(14)24-4)16(21)17-11(3)5-8-15(19)20/h6-7,9-11,18H,5,8H2,1-4H3,(H,17,21)(H,19,20). The topological polar surface area (TPSA) is 122 Å². The molecule has 0 aromatic heterocycles. The van der Waals surface area contributed by atoms with Crippen LogP contribution >= 0.6 is 0 Å². The summed E-state index contributed by atoms with van der Waals surface area (Å²) >= 11 is 0. The van der Waals surface area contributed by atoms with Crippen LogP contribution in [0.4, 0.5) is 0 Å². The van der Waals surface area contributed by atoms with Gasteiger partial charge in [-0.25, -0.2) is 13.1 Å². The van der Waals surface area contributed by atoms with Gasteiger partial charge in [-0.05, 0) is 45.4 Å². The predicted octanol–water partition coefficient (Wildman–Crippen LogP) is 1.36. The van der Waals surface area contributed by atoms with Gasteiger partial charge in [-0.1, -0.05) is 0 Å². The highest BCUT2D eigenvalue weighted by molar-refractivity contribution is 7.89. The molecule has 1 aromatic carbocycles. The summed E-state index contributed by atoms with van der Waals surface area (Å²) in [6, 6.07) is 3.42. The van der Waals surface area contributed by atoms with E-state index in [4.69, 9.17) is 9.84 Å². The monoisotopic (exact) mass is 372 g/mol. The van der Waals surface area contributed by atoms with Gasteiger partial charge >= 0.3 is 5.97 Å². The maximum Gasteiger partial charge on any atom is 0.303 e. The Hall–Kier alpha value is -2.13. The molecule has 0 aliphatic heterocycles. The molecule has 3 N–H and O–H groups in total. The van der Waals surface area contributed by atoms with Gasteiger partial charge in [0.1, 0.15) is 10.6 Å². The quantitative estimate of drug-likeness (QED) is 0.602. The molecule has 1 aromatic rings. The molecule has 0 radical (unpaired) electrons. The third kappa shape index (κ3) is 6.35. The van der Waals surface area contributed by atoms with Crippen molar-refractivity contribution in [3.63, 3.8) is 0 Å². The molecule has 9 heteroatoms. The Morgan fingerprint density at radius 2 is 1.88 bits per heavy atom. The fourth-order valence-electron chi connectivity index (χ4n) is 2.12. The minimum absolute atomic E-state index is 0.0675. The van der Waals surface area contributed by atoms with Crippen molar-refractivity contribution in [2.24, 2.45) is 0 Å². The molecule has 0 saturated carbocycles. The fourth-order valence-corrected chi connectivity index (χ4v) is 3.57. The number of methoxy groups -OCH3 is 1. The molecule has 0 aliphatic carbocycles. The van der Waals surface area contributed by atoms with Crippen LogP contribution in [0, 0.1) is 0 Å². The van der Waals surface area contributed by atoms with Crippen molar-refractivity contribution in [1.82, 2.24) is 10.0 Å². The number of nitrogens with one attached hydrogen (secondary N) is 2. The third-order valence-electron chi connectivity index (χ3n) is 3.27. The lowest BCUT2D eigenvalue weighted by atomic mass is 10.1. The van der Waals surface area contributed by atoms with Crippen LogP contribution in [0.5, 0.6) is 5.75 Å². The SMILES string of the molecule is COc1ccc(C(=O)NC(C)CCC(=O)O)cc1S(=O)(=O)NC(C)C. The summed E-state index contributed by atoms with van der Waals surface area (Å²) in [5.74, 6) is -1.30. The lowest BCUT2D eigenvalue weighted by Gasteiger charge is -2.16. The lowest BCUT2D eigenvalue weighted by Crippen LogP contribution is -2.33. The molecule has 1 unspecified atom stereocenters. The summed E-state index contributed by atoms with van der Waals surface area (Å²) in [6.07, 6.45) is 0.208. The molecule has 25 heavy (non-hydrogen) atoms. The van der Waals surface area contributed by atoms with E-state index in [-0.39, 0.29) is 41.1 Å². The van der Waals surface area contributed by atoms with Gasteiger partial charge in [-0.15, -0.1) is 0 Å². The highest BCUT2D eigenvalue weighted by Crippen LogP contribution is 2.25. The number of carbonyl (C=O) groups is 2. The Morgan fingerprint density at radius 1 is 1.24 bits per heavy atom. The summed E-state index contributed by atoms with van der Waals surface area (Å²) in [5, 5.41) is 11.3. The Morgan fingerprint density at radius 3 is 2.40 bits per heavy atom. The van der Waals surface area contributed by atoms with E-state index in [1.54, 1.807) is 20.8 Å². The second kappa shape index (κ2) is 8.82. The summed E-state index contributed by atoms with van der Waals surface area (Å²) in [6.45, 7) is 5.05. The van der Waals surface area contributed by atoms with Crippen LogP contribution in [-0.2, 0) is 14.8 Å². The number of sulfonamides is 1. The van der Waals surface area contributed by atoms with Crippen LogP contribution in [0.1, 0.15) is 44.0 Å². The van der Waals surface area contributed by atoms with Crippen LogP contribution in [-0.4, -0.2) is 44.6 Å². The zero-order valence-corrected chi connectivity index (χ0v) is 15.5. The number of aliphatic carboxylic acids is 1. The molecule has 0 heterocycles. The van der Waals surface area contributed by atoms with Crippen LogP contribution in [0.25, 0.3) is 0 Å². The Labute approximate surface area is 147 Å². The second-order valence-corrected chi connectivity index (χ2v) is 7.63. The number of ether oxygens (including phenoxy) is 1. The maximum atomic E-state index is 12.4. The summed E-state index contributed by atoms with van der Waals surface area (Å²) in [7, 11) is -2.50. The zero-order valence-electron chi connectivity index (χ0n) is 14.7. The van der Waals surface area contributed by atoms with Crippen molar-refractivity contribution in [2.45, 2.75) is 50.6 Å². The number of carbonyl (C=O) groups excluding carboxylic acids is 1. The van der Waals surface area contributed by atoms with Crippen molar-refractivity contribution >= 4 is 21.9 Å². The first-order chi connectivity index (χ1) is 11.6. The van der Waals surface area contributed by atoms with Crippen LogP contribution in [0.3, 0.4) is 0 Å². The highest BCUT2D eigenvalue weighted by Gasteiger charge is 2.23. The normalized spacial score (nSPS) is 12.7. The molecule has 8 nitrogen and oxygen atoms in total. The van der Waals surface area contributed by atoms with E-state index in [1.807, 2.05) is 0 Å². The molecule has 1 rings (SSSR count). The van der Waals surface area contributed by atoms with Gasteiger partial charge in [0, 0.05) is 24.1 Å². The Kier molecular flexibility index (Phi) is 7.38. The third-order valence-corrected chi connectivity index (χ3v) is 4.95. The van der Waals surface area contributed by atoms with E-state index in [0.29, 0.717) is 0 Å². The molecule has 0 bridgehead atoms. The lowest BCUT2D eigenvalue weighted by molar-refractivity contribution is -0.137. The number of carboxylic acids is 1. The highest BCUT2D eigenvalue weighted by atomic mass is 32.2. The van der Waals surface area contributed by atoms with E-state index in [0.717, 1.165) is 0 Å². The molecule has 0 fully saturated rings. The number of hydrogen-bond acceptors (Lipinski definition) is 5. The molecule has 1 atom stereocenters. The van der Waals surface area contributed by atoms with Gasteiger partial charge in [0.2, 0.25) is 10.0 Å². The average Bonchev–Trinajstić information content (AvgIpc) is 2.51. The molecular weight excluding hydrogens is 348 g/mol. The van der Waals surface area contributed by atoms with Crippen molar-refractivity contribution in [1.29, 1.82) is 0 Å². The number of rotatable bonds is 9. The van der Waals surface area contributed by atoms with E-state index in [1.165, 1.54) is 25.3 Å². The van der Waals surface area contributed by atoms with Crippen LogP contribution in [0.15, 0.2) is 23.1 Å². The number of carboxylic acid groups (broad SMARTS) is 1. The molecule has 0 spiro atoms. The zero-order chi connectivity index (χ0) is 19.2. The number of hydrogen-bond donors (Lipinski definition) is 3. The smallest absolute Gasteiger partial charge is 0.303 e. The van der Waals surface area contributed by atoms with E-state index in [2.05, 4.69) is 10.0 Å². The van der Waals surface area contributed by atoms with Crippen molar-refractivity contribution in [2.75, 3.05) is 7.11 Å². The second-order valence-electron chi connectivity index (χ2n) is 5.95. The van der Waals surface area contributed by atoms with Crippen molar-refractivity contribution < 1.29 is 27.9 Å².